The summed E-state index contributed by atoms with van der Waals surface area (Å²) in [6.07, 6.45) is 0.0109. The van der Waals surface area contributed by atoms with Crippen molar-refractivity contribution >= 4 is 23.6 Å². The van der Waals surface area contributed by atoms with Crippen molar-refractivity contribution in [3.8, 4) is 0 Å². The van der Waals surface area contributed by atoms with Gasteiger partial charge in [0.2, 0.25) is 5.91 Å². The average molecular weight is 293 g/mol. The molecule has 108 valence electrons. The smallest absolute Gasteiger partial charge is 0.314 e. The van der Waals surface area contributed by atoms with Crippen LogP contribution in [-0.2, 0) is 15.0 Å². The van der Waals surface area contributed by atoms with Gasteiger partial charge in [-0.2, -0.15) is 11.8 Å². The molecule has 1 amide bonds. The van der Waals surface area contributed by atoms with Crippen LogP contribution in [0.5, 0.6) is 0 Å². The third kappa shape index (κ3) is 3.15. The maximum Gasteiger partial charge on any atom is 0.314 e. The van der Waals surface area contributed by atoms with Gasteiger partial charge in [0.1, 0.15) is 0 Å². The van der Waals surface area contributed by atoms with Crippen LogP contribution in [0.3, 0.4) is 0 Å². The minimum absolute atomic E-state index is 0.0109. The molecule has 1 unspecified atom stereocenters. The van der Waals surface area contributed by atoms with Crippen molar-refractivity contribution in [2.45, 2.75) is 18.8 Å². The fraction of sp³-hybridized carbons (Fsp3) is 0.467. The van der Waals surface area contributed by atoms with Crippen LogP contribution >= 0.6 is 11.8 Å². The number of aliphatic carboxylic acids is 1. The highest BCUT2D eigenvalue weighted by atomic mass is 32.2. The van der Waals surface area contributed by atoms with E-state index in [2.05, 4.69) is 0 Å². The number of amides is 1. The third-order valence-corrected chi connectivity index (χ3v) is 4.69. The summed E-state index contributed by atoms with van der Waals surface area (Å²) < 4.78 is 0. The highest BCUT2D eigenvalue weighted by Crippen LogP contribution is 2.29. The fourth-order valence-corrected chi connectivity index (χ4v) is 3.24. The van der Waals surface area contributed by atoms with E-state index in [1.807, 2.05) is 17.8 Å². The van der Waals surface area contributed by atoms with Crippen molar-refractivity contribution in [3.05, 3.63) is 35.9 Å². The standard InChI is InChI=1S/C15H19NO3S/c1-15(14(18)19,12-5-3-2-4-6-12)11-13(17)16-7-9-20-10-8-16/h2-6H,7-11H2,1H3,(H,18,19). The first kappa shape index (κ1) is 14.9. The number of hydrogen-bond acceptors (Lipinski definition) is 3. The quantitative estimate of drug-likeness (QED) is 0.922. The highest BCUT2D eigenvalue weighted by molar-refractivity contribution is 7.99. The van der Waals surface area contributed by atoms with Gasteiger partial charge in [0, 0.05) is 31.0 Å². The molecule has 1 saturated heterocycles. The molecule has 1 aromatic rings. The van der Waals surface area contributed by atoms with Crippen molar-refractivity contribution in [2.24, 2.45) is 0 Å². The van der Waals surface area contributed by atoms with Crippen molar-refractivity contribution in [1.82, 2.24) is 4.90 Å². The first-order chi connectivity index (χ1) is 9.54. The summed E-state index contributed by atoms with van der Waals surface area (Å²) >= 11 is 1.83. The van der Waals surface area contributed by atoms with Crippen LogP contribution in [-0.4, -0.2) is 46.5 Å². The Labute approximate surface area is 123 Å². The molecule has 0 saturated carbocycles. The lowest BCUT2D eigenvalue weighted by atomic mass is 9.79. The Hall–Kier alpha value is -1.49. The zero-order valence-electron chi connectivity index (χ0n) is 11.5. The number of benzene rings is 1. The Morgan fingerprint density at radius 1 is 1.25 bits per heavy atom. The maximum atomic E-state index is 12.3. The van der Waals surface area contributed by atoms with E-state index in [0.717, 1.165) is 11.5 Å². The van der Waals surface area contributed by atoms with Crippen LogP contribution in [0.1, 0.15) is 18.9 Å². The molecule has 20 heavy (non-hydrogen) atoms. The van der Waals surface area contributed by atoms with E-state index in [4.69, 9.17) is 0 Å². The van der Waals surface area contributed by atoms with E-state index in [-0.39, 0.29) is 12.3 Å². The van der Waals surface area contributed by atoms with Gasteiger partial charge in [-0.05, 0) is 12.5 Å². The second-order valence-corrected chi connectivity index (χ2v) is 6.40. The lowest BCUT2D eigenvalue weighted by Crippen LogP contribution is -2.43. The van der Waals surface area contributed by atoms with E-state index in [9.17, 15) is 14.7 Å². The number of thioether (sulfide) groups is 1. The van der Waals surface area contributed by atoms with Crippen LogP contribution in [0.25, 0.3) is 0 Å². The molecule has 1 aliphatic rings. The summed E-state index contributed by atoms with van der Waals surface area (Å²) in [4.78, 5) is 25.8. The molecule has 0 bridgehead atoms. The number of hydrogen-bond donors (Lipinski definition) is 1. The number of rotatable bonds is 4. The van der Waals surface area contributed by atoms with Gasteiger partial charge in [-0.3, -0.25) is 9.59 Å². The molecule has 0 aliphatic carbocycles. The highest BCUT2D eigenvalue weighted by Gasteiger charge is 2.38. The summed E-state index contributed by atoms with van der Waals surface area (Å²) in [5.74, 6) is 0.837. The van der Waals surface area contributed by atoms with E-state index >= 15 is 0 Å². The normalized spacial score (nSPS) is 18.4. The summed E-state index contributed by atoms with van der Waals surface area (Å²) in [6, 6.07) is 8.99. The first-order valence-electron chi connectivity index (χ1n) is 6.68. The number of carbonyl (C=O) groups is 2. The molecule has 0 radical (unpaired) electrons. The molecule has 0 spiro atoms. The summed E-state index contributed by atoms with van der Waals surface area (Å²) in [6.45, 7) is 3.06. The van der Waals surface area contributed by atoms with Gasteiger partial charge in [-0.15, -0.1) is 0 Å². The SMILES string of the molecule is CC(CC(=O)N1CCSCC1)(C(=O)O)c1ccccc1. The lowest BCUT2D eigenvalue weighted by Gasteiger charge is -2.31. The van der Waals surface area contributed by atoms with Crippen LogP contribution in [0.2, 0.25) is 0 Å². The van der Waals surface area contributed by atoms with E-state index in [1.165, 1.54) is 0 Å². The molecule has 5 heteroatoms. The predicted molar refractivity (Wildman–Crippen MR) is 80.0 cm³/mol. The van der Waals surface area contributed by atoms with Crippen molar-refractivity contribution in [3.63, 3.8) is 0 Å². The lowest BCUT2D eigenvalue weighted by molar-refractivity contribution is -0.147. The van der Waals surface area contributed by atoms with Gasteiger partial charge in [-0.1, -0.05) is 30.3 Å². The Morgan fingerprint density at radius 3 is 2.40 bits per heavy atom. The third-order valence-electron chi connectivity index (χ3n) is 3.75. The minimum Gasteiger partial charge on any atom is -0.481 e. The van der Waals surface area contributed by atoms with E-state index in [1.54, 1.807) is 36.1 Å². The molecular weight excluding hydrogens is 274 g/mol. The molecular formula is C15H19NO3S. The first-order valence-corrected chi connectivity index (χ1v) is 7.84. The van der Waals surface area contributed by atoms with Crippen molar-refractivity contribution in [2.75, 3.05) is 24.6 Å². The number of nitrogens with zero attached hydrogens (tertiary/aromatic N) is 1. The summed E-state index contributed by atoms with van der Waals surface area (Å²) in [5.41, 5.74) is -0.490. The van der Waals surface area contributed by atoms with Crippen molar-refractivity contribution < 1.29 is 14.7 Å². The van der Waals surface area contributed by atoms with Gasteiger partial charge in [0.05, 0.1) is 5.41 Å². The molecule has 1 heterocycles. The second kappa shape index (κ2) is 6.31. The Kier molecular flexibility index (Phi) is 4.70. The van der Waals surface area contributed by atoms with Crippen LogP contribution in [0, 0.1) is 0 Å². The molecule has 4 nitrogen and oxygen atoms in total. The molecule has 1 atom stereocenters. The number of carboxylic acids is 1. The van der Waals surface area contributed by atoms with E-state index in [0.29, 0.717) is 18.7 Å². The largest absolute Gasteiger partial charge is 0.481 e. The molecule has 0 aromatic heterocycles. The van der Waals surface area contributed by atoms with E-state index < -0.39 is 11.4 Å². The number of carbonyl (C=O) groups excluding carboxylic acids is 1. The Bertz CT molecular complexity index is 485. The monoisotopic (exact) mass is 293 g/mol. The van der Waals surface area contributed by atoms with Crippen LogP contribution in [0.4, 0.5) is 0 Å². The second-order valence-electron chi connectivity index (χ2n) is 5.17. The zero-order chi connectivity index (χ0) is 14.6. The van der Waals surface area contributed by atoms with Gasteiger partial charge in [0.15, 0.2) is 0 Å². The summed E-state index contributed by atoms with van der Waals surface area (Å²) in [7, 11) is 0. The maximum absolute atomic E-state index is 12.3. The molecule has 1 fully saturated rings. The molecule has 1 aliphatic heterocycles. The fourth-order valence-electron chi connectivity index (χ4n) is 2.33. The van der Waals surface area contributed by atoms with Crippen molar-refractivity contribution in [1.29, 1.82) is 0 Å². The summed E-state index contributed by atoms with van der Waals surface area (Å²) in [5, 5.41) is 9.56. The van der Waals surface area contributed by atoms with Gasteiger partial charge >= 0.3 is 5.97 Å². The topological polar surface area (TPSA) is 57.6 Å². The molecule has 1 aromatic carbocycles. The minimum atomic E-state index is -1.16. The molecule has 1 N–H and O–H groups in total. The van der Waals surface area contributed by atoms with Gasteiger partial charge in [0.25, 0.3) is 0 Å². The van der Waals surface area contributed by atoms with Crippen LogP contribution < -0.4 is 0 Å². The molecule has 2 rings (SSSR count). The average Bonchev–Trinajstić information content (AvgIpc) is 2.48. The Balaban J connectivity index is 2.17. The van der Waals surface area contributed by atoms with Gasteiger partial charge in [-0.25, -0.2) is 0 Å². The predicted octanol–water partition coefficient (Wildman–Crippen LogP) is 1.99. The van der Waals surface area contributed by atoms with Gasteiger partial charge < -0.3 is 10.0 Å². The number of carboxylic acid groups (broad SMARTS) is 1. The Morgan fingerprint density at radius 2 is 1.85 bits per heavy atom. The zero-order valence-corrected chi connectivity index (χ0v) is 12.4. The van der Waals surface area contributed by atoms with Crippen LogP contribution in [0.15, 0.2) is 30.3 Å².